The Morgan fingerprint density at radius 2 is 1.27 bits per heavy atom. The minimum atomic E-state index is -1.00. The lowest BCUT2D eigenvalue weighted by molar-refractivity contribution is -0.136. The van der Waals surface area contributed by atoms with E-state index in [9.17, 15) is 24.6 Å². The third-order valence-corrected chi connectivity index (χ3v) is 8.42. The molecule has 1 saturated heterocycles. The van der Waals surface area contributed by atoms with Gasteiger partial charge in [-0.2, -0.15) is 0 Å². The number of hydrogen-bond acceptors (Lipinski definition) is 8. The fourth-order valence-electron chi connectivity index (χ4n) is 6.10. The van der Waals surface area contributed by atoms with Crippen LogP contribution in [0.5, 0.6) is 11.5 Å². The maximum Gasteiger partial charge on any atom is 0.323 e. The second kappa shape index (κ2) is 16.0. The lowest BCUT2D eigenvalue weighted by Crippen LogP contribution is -2.40. The quantitative estimate of drug-likeness (QED) is 0.184. The second-order valence-electron chi connectivity index (χ2n) is 11.6. The Morgan fingerprint density at radius 3 is 1.81 bits per heavy atom. The number of nitrogens with zero attached hydrogens (tertiary/aromatic N) is 3. The number of fused-ring (bicyclic) bond motifs is 1. The number of anilines is 2. The lowest BCUT2D eigenvalue weighted by Gasteiger charge is -2.32. The number of amides is 1. The summed E-state index contributed by atoms with van der Waals surface area (Å²) in [4.78, 5) is 43.3. The summed E-state index contributed by atoms with van der Waals surface area (Å²) in [5.74, 6) is -0.622. The van der Waals surface area contributed by atoms with Crippen LogP contribution in [0.15, 0.2) is 78.9 Å². The molecule has 2 N–H and O–H groups in total. The molecule has 11 heteroatoms. The highest BCUT2D eigenvalue weighted by molar-refractivity contribution is 6.05. The summed E-state index contributed by atoms with van der Waals surface area (Å²) in [7, 11) is 3.18. The van der Waals surface area contributed by atoms with Gasteiger partial charge in [-0.05, 0) is 53.4 Å². The molecule has 11 nitrogen and oxygen atoms in total. The van der Waals surface area contributed by atoms with Gasteiger partial charge < -0.3 is 39.1 Å². The monoisotopic (exact) mass is 655 g/mol. The molecule has 1 heterocycles. The molecule has 0 aromatic heterocycles. The van der Waals surface area contributed by atoms with Crippen molar-refractivity contribution in [3.63, 3.8) is 0 Å². The van der Waals surface area contributed by atoms with Gasteiger partial charge in [0.1, 0.15) is 24.6 Å². The molecule has 0 aliphatic carbocycles. The van der Waals surface area contributed by atoms with E-state index in [0.29, 0.717) is 62.1 Å². The smallest absolute Gasteiger partial charge is 0.323 e. The predicted octanol–water partition coefficient (Wildman–Crippen LogP) is 4.83. The average Bonchev–Trinajstić information content (AvgIpc) is 3.10. The Kier molecular flexibility index (Phi) is 11.4. The van der Waals surface area contributed by atoms with Crippen LogP contribution in [-0.4, -0.2) is 86.6 Å². The number of rotatable bonds is 15. The Morgan fingerprint density at radius 1 is 0.750 bits per heavy atom. The average molecular weight is 656 g/mol. The molecule has 4 aromatic carbocycles. The van der Waals surface area contributed by atoms with Gasteiger partial charge in [-0.15, -0.1) is 0 Å². The number of methoxy groups -OCH3 is 2. The van der Waals surface area contributed by atoms with Gasteiger partial charge in [-0.1, -0.05) is 48.5 Å². The highest BCUT2D eigenvalue weighted by atomic mass is 16.5. The normalized spacial score (nSPS) is 12.8. The zero-order valence-electron chi connectivity index (χ0n) is 27.3. The number of carbonyl (C=O) groups is 3. The minimum Gasteiger partial charge on any atom is -0.497 e. The largest absolute Gasteiger partial charge is 0.497 e. The van der Waals surface area contributed by atoms with E-state index in [1.54, 1.807) is 24.0 Å². The summed E-state index contributed by atoms with van der Waals surface area (Å²) in [6.45, 7) is 2.04. The molecule has 252 valence electrons. The third kappa shape index (κ3) is 8.54. The van der Waals surface area contributed by atoms with Crippen LogP contribution in [0.3, 0.4) is 0 Å². The summed E-state index contributed by atoms with van der Waals surface area (Å²) in [5.41, 5.74) is 3.90. The van der Waals surface area contributed by atoms with Gasteiger partial charge in [-0.3, -0.25) is 14.4 Å². The molecule has 0 bridgehead atoms. The first-order valence-electron chi connectivity index (χ1n) is 15.8. The molecule has 5 rings (SSSR count). The first-order valence-corrected chi connectivity index (χ1v) is 15.8. The number of benzene rings is 4. The van der Waals surface area contributed by atoms with E-state index in [4.69, 9.17) is 14.2 Å². The fourth-order valence-corrected chi connectivity index (χ4v) is 6.10. The topological polar surface area (TPSA) is 129 Å². The van der Waals surface area contributed by atoms with Crippen molar-refractivity contribution in [3.05, 3.63) is 95.6 Å². The molecular formula is C37H41N3O8. The molecule has 0 radical (unpaired) electrons. The zero-order chi connectivity index (χ0) is 34.0. The van der Waals surface area contributed by atoms with Crippen LogP contribution in [0.2, 0.25) is 0 Å². The third-order valence-electron chi connectivity index (χ3n) is 8.42. The summed E-state index contributed by atoms with van der Waals surface area (Å²) in [6, 6.07) is 24.5. The van der Waals surface area contributed by atoms with Gasteiger partial charge in [0.05, 0.1) is 27.4 Å². The number of ether oxygens (including phenoxy) is 3. The van der Waals surface area contributed by atoms with Crippen LogP contribution in [0.1, 0.15) is 23.1 Å². The van der Waals surface area contributed by atoms with E-state index >= 15 is 0 Å². The number of carboxylic acid groups (broad SMARTS) is 2. The molecule has 1 aliphatic heterocycles. The number of hydrogen-bond donors (Lipinski definition) is 2. The Balaban J connectivity index is 1.63. The van der Waals surface area contributed by atoms with Crippen LogP contribution < -0.4 is 19.3 Å². The van der Waals surface area contributed by atoms with Crippen molar-refractivity contribution in [1.29, 1.82) is 0 Å². The molecule has 0 saturated carbocycles. The highest BCUT2D eigenvalue weighted by Crippen LogP contribution is 2.40. The maximum absolute atomic E-state index is 13.4. The molecule has 0 atom stereocenters. The molecule has 1 aliphatic rings. The van der Waals surface area contributed by atoms with E-state index in [1.807, 2.05) is 83.8 Å². The molecule has 1 amide bonds. The standard InChI is InChI=1S/C37H41N3O8/c1-46-29-12-7-26(8-13-29)22-39(24-35(42)43)33-21-28(11-16-34(41)38-17-19-48-20-18-38)37(32-6-4-3-5-31(32)33)40(25-36(44)45)23-27-9-14-30(47-2)15-10-27/h3-10,12-15,21H,11,16-20,22-25H2,1-2H3,(H,42,43)(H,44,45). The van der Waals surface area contributed by atoms with E-state index < -0.39 is 11.9 Å². The minimum absolute atomic E-state index is 0.0143. The Bertz CT molecular complexity index is 1720. The van der Waals surface area contributed by atoms with E-state index in [0.717, 1.165) is 27.5 Å². The van der Waals surface area contributed by atoms with Gasteiger partial charge in [0.15, 0.2) is 0 Å². The summed E-state index contributed by atoms with van der Waals surface area (Å²) in [6.07, 6.45) is 0.525. The van der Waals surface area contributed by atoms with Crippen LogP contribution in [0.25, 0.3) is 10.8 Å². The number of aliphatic carboxylic acids is 2. The number of carboxylic acids is 2. The predicted molar refractivity (Wildman–Crippen MR) is 183 cm³/mol. The molecule has 0 spiro atoms. The van der Waals surface area contributed by atoms with Gasteiger partial charge in [0.25, 0.3) is 0 Å². The van der Waals surface area contributed by atoms with Crippen molar-refractivity contribution in [2.75, 3.05) is 63.4 Å². The van der Waals surface area contributed by atoms with Crippen molar-refractivity contribution < 1.29 is 38.8 Å². The highest BCUT2D eigenvalue weighted by Gasteiger charge is 2.25. The summed E-state index contributed by atoms with van der Waals surface area (Å²) in [5, 5.41) is 21.6. The van der Waals surface area contributed by atoms with Gasteiger partial charge in [0.2, 0.25) is 5.91 Å². The van der Waals surface area contributed by atoms with Crippen molar-refractivity contribution in [3.8, 4) is 11.5 Å². The van der Waals surface area contributed by atoms with Crippen LogP contribution >= 0.6 is 0 Å². The van der Waals surface area contributed by atoms with E-state index in [1.165, 1.54) is 0 Å². The number of morpholine rings is 1. The fraction of sp³-hybridized carbons (Fsp3) is 0.324. The molecule has 4 aromatic rings. The molecule has 0 unspecified atom stereocenters. The number of aryl methyl sites for hydroxylation is 1. The Hall–Kier alpha value is -5.29. The van der Waals surface area contributed by atoms with Crippen molar-refractivity contribution in [2.24, 2.45) is 0 Å². The Labute approximate surface area is 279 Å². The second-order valence-corrected chi connectivity index (χ2v) is 11.6. The van der Waals surface area contributed by atoms with Crippen molar-refractivity contribution >= 4 is 40.0 Å². The lowest BCUT2D eigenvalue weighted by atomic mass is 9.96. The van der Waals surface area contributed by atoms with Crippen LogP contribution in [-0.2, 0) is 38.6 Å². The van der Waals surface area contributed by atoms with Crippen LogP contribution in [0.4, 0.5) is 11.4 Å². The molecular weight excluding hydrogens is 614 g/mol. The summed E-state index contributed by atoms with van der Waals surface area (Å²) < 4.78 is 16.1. The van der Waals surface area contributed by atoms with Crippen molar-refractivity contribution in [1.82, 2.24) is 4.90 Å². The zero-order valence-corrected chi connectivity index (χ0v) is 27.3. The van der Waals surface area contributed by atoms with E-state index in [2.05, 4.69) is 0 Å². The van der Waals surface area contributed by atoms with Gasteiger partial charge in [-0.25, -0.2) is 0 Å². The molecule has 48 heavy (non-hydrogen) atoms. The number of carbonyl (C=O) groups excluding carboxylic acids is 1. The van der Waals surface area contributed by atoms with Gasteiger partial charge >= 0.3 is 11.9 Å². The van der Waals surface area contributed by atoms with Gasteiger partial charge in [0, 0.05) is 54.7 Å². The van der Waals surface area contributed by atoms with Crippen molar-refractivity contribution in [2.45, 2.75) is 25.9 Å². The first kappa shape index (κ1) is 34.1. The SMILES string of the molecule is COc1ccc(CN(CC(=O)O)c2cc(CCC(=O)N3CCOCC3)c(N(CC(=O)O)Cc3ccc(OC)cc3)c3ccccc23)cc1. The maximum atomic E-state index is 13.4. The molecule has 1 fully saturated rings. The first-order chi connectivity index (χ1) is 23.2. The van der Waals surface area contributed by atoms with Crippen LogP contribution in [0, 0.1) is 0 Å². The van der Waals surface area contributed by atoms with E-state index in [-0.39, 0.29) is 32.0 Å². The summed E-state index contributed by atoms with van der Waals surface area (Å²) >= 11 is 0.